The van der Waals surface area contributed by atoms with E-state index in [9.17, 15) is 19.5 Å². The SMILES string of the molecule is CCCCCCCC/C=C\CCCCCCCC(=O)NCCC(=O)N[C@@H](Cc1cnc[nH]1)C(=O)O. The summed E-state index contributed by atoms with van der Waals surface area (Å²) in [5.74, 6) is -1.58. The van der Waals surface area contributed by atoms with Gasteiger partial charge in [0, 0.05) is 37.7 Å². The van der Waals surface area contributed by atoms with Crippen molar-refractivity contribution in [2.75, 3.05) is 6.54 Å². The van der Waals surface area contributed by atoms with E-state index < -0.39 is 17.9 Å². The monoisotopic (exact) mass is 490 g/mol. The highest BCUT2D eigenvalue weighted by molar-refractivity contribution is 5.84. The molecule has 0 saturated heterocycles. The van der Waals surface area contributed by atoms with Gasteiger partial charge in [-0.05, 0) is 32.1 Å². The highest BCUT2D eigenvalue weighted by atomic mass is 16.4. The Morgan fingerprint density at radius 3 is 2.14 bits per heavy atom. The third-order valence-corrected chi connectivity index (χ3v) is 5.95. The minimum absolute atomic E-state index is 0.0465. The lowest BCUT2D eigenvalue weighted by Gasteiger charge is -2.13. The molecule has 0 fully saturated rings. The Bertz CT molecular complexity index is 719. The first-order chi connectivity index (χ1) is 17.0. The maximum atomic E-state index is 12.0. The Balaban J connectivity index is 1.95. The molecular weight excluding hydrogens is 444 g/mol. The number of unbranched alkanes of at least 4 members (excludes halogenated alkanes) is 11. The van der Waals surface area contributed by atoms with Gasteiger partial charge in [-0.2, -0.15) is 0 Å². The number of allylic oxidation sites excluding steroid dienone is 2. The van der Waals surface area contributed by atoms with Crippen molar-refractivity contribution < 1.29 is 19.5 Å². The van der Waals surface area contributed by atoms with Crippen LogP contribution in [0.25, 0.3) is 0 Å². The third-order valence-electron chi connectivity index (χ3n) is 5.95. The van der Waals surface area contributed by atoms with Crippen molar-refractivity contribution in [1.82, 2.24) is 20.6 Å². The van der Waals surface area contributed by atoms with Gasteiger partial charge in [0.15, 0.2) is 0 Å². The van der Waals surface area contributed by atoms with Crippen molar-refractivity contribution in [1.29, 1.82) is 0 Å². The van der Waals surface area contributed by atoms with Crippen molar-refractivity contribution >= 4 is 17.8 Å². The minimum atomic E-state index is -1.11. The number of imidazole rings is 1. The van der Waals surface area contributed by atoms with Gasteiger partial charge in [-0.3, -0.25) is 9.59 Å². The number of nitrogens with one attached hydrogen (secondary N) is 3. The molecule has 1 atom stereocenters. The first kappa shape index (κ1) is 30.4. The van der Waals surface area contributed by atoms with E-state index in [1.54, 1.807) is 0 Å². The van der Waals surface area contributed by atoms with Crippen LogP contribution in [0.15, 0.2) is 24.7 Å². The summed E-state index contributed by atoms with van der Waals surface area (Å²) in [6.45, 7) is 2.45. The molecule has 1 aromatic rings. The van der Waals surface area contributed by atoms with Gasteiger partial charge in [-0.25, -0.2) is 9.78 Å². The Kier molecular flexibility index (Phi) is 18.0. The number of nitrogens with zero attached hydrogens (tertiary/aromatic N) is 1. The standard InChI is InChI=1S/C27H46N4O4/c1-2-3-4-5-6-7-8-9-10-11-12-13-14-15-16-17-25(32)29-19-18-26(33)31-24(27(34)35)20-23-21-28-22-30-23/h9-10,21-22,24H,2-8,11-20H2,1H3,(H,28,30)(H,29,32)(H,31,33)(H,34,35)/b10-9-/t24-/m0/s1. The average Bonchev–Trinajstić information content (AvgIpc) is 3.34. The molecule has 1 rings (SSSR count). The molecule has 35 heavy (non-hydrogen) atoms. The van der Waals surface area contributed by atoms with Crippen molar-refractivity contribution in [3.05, 3.63) is 30.4 Å². The second-order valence-corrected chi connectivity index (χ2v) is 9.17. The van der Waals surface area contributed by atoms with Gasteiger partial charge in [-0.15, -0.1) is 0 Å². The van der Waals surface area contributed by atoms with E-state index in [2.05, 4.69) is 39.7 Å². The van der Waals surface area contributed by atoms with Crippen molar-refractivity contribution in [2.45, 2.75) is 116 Å². The van der Waals surface area contributed by atoms with Crippen LogP contribution in [0, 0.1) is 0 Å². The van der Waals surface area contributed by atoms with Crippen LogP contribution < -0.4 is 10.6 Å². The normalized spacial score (nSPS) is 12.0. The molecule has 0 aliphatic carbocycles. The maximum absolute atomic E-state index is 12.0. The van der Waals surface area contributed by atoms with Gasteiger partial charge >= 0.3 is 5.97 Å². The number of hydrogen-bond donors (Lipinski definition) is 4. The number of aliphatic carboxylic acids is 1. The zero-order valence-corrected chi connectivity index (χ0v) is 21.5. The Labute approximate surface area is 210 Å². The van der Waals surface area contributed by atoms with E-state index in [4.69, 9.17) is 0 Å². The van der Waals surface area contributed by atoms with E-state index in [1.807, 2.05) is 0 Å². The molecule has 0 spiro atoms. The number of aromatic amines is 1. The van der Waals surface area contributed by atoms with E-state index in [0.29, 0.717) is 12.1 Å². The van der Waals surface area contributed by atoms with E-state index >= 15 is 0 Å². The zero-order chi connectivity index (χ0) is 25.6. The van der Waals surface area contributed by atoms with Crippen molar-refractivity contribution in [2.24, 2.45) is 0 Å². The fourth-order valence-corrected chi connectivity index (χ4v) is 3.84. The average molecular weight is 491 g/mol. The predicted molar refractivity (Wildman–Crippen MR) is 139 cm³/mol. The van der Waals surface area contributed by atoms with E-state index in [1.165, 1.54) is 70.3 Å². The molecule has 0 saturated carbocycles. The molecule has 0 aliphatic heterocycles. The molecule has 4 N–H and O–H groups in total. The lowest BCUT2D eigenvalue weighted by atomic mass is 10.1. The van der Waals surface area contributed by atoms with Gasteiger partial charge in [0.05, 0.1) is 6.33 Å². The predicted octanol–water partition coefficient (Wildman–Crippen LogP) is 5.07. The third kappa shape index (κ3) is 17.4. The number of amides is 2. The van der Waals surface area contributed by atoms with Gasteiger partial charge in [0.25, 0.3) is 0 Å². The Morgan fingerprint density at radius 1 is 0.914 bits per heavy atom. The highest BCUT2D eigenvalue weighted by Gasteiger charge is 2.20. The fourth-order valence-electron chi connectivity index (χ4n) is 3.84. The molecule has 0 aromatic carbocycles. The molecular formula is C27H46N4O4. The molecule has 0 bridgehead atoms. The summed E-state index contributed by atoms with van der Waals surface area (Å²) < 4.78 is 0. The van der Waals surface area contributed by atoms with Crippen molar-refractivity contribution in [3.8, 4) is 0 Å². The van der Waals surface area contributed by atoms with Gasteiger partial charge < -0.3 is 20.7 Å². The first-order valence-corrected chi connectivity index (χ1v) is 13.4. The summed E-state index contributed by atoms with van der Waals surface area (Å²) in [5.41, 5.74) is 0.631. The van der Waals surface area contributed by atoms with Crippen LogP contribution >= 0.6 is 0 Å². The molecule has 0 radical (unpaired) electrons. The summed E-state index contributed by atoms with van der Waals surface area (Å²) >= 11 is 0. The van der Waals surface area contributed by atoms with E-state index in [-0.39, 0.29) is 25.3 Å². The van der Waals surface area contributed by atoms with Gasteiger partial charge in [0.1, 0.15) is 6.04 Å². The lowest BCUT2D eigenvalue weighted by Crippen LogP contribution is -2.43. The summed E-state index contributed by atoms with van der Waals surface area (Å²) in [6, 6.07) is -1.03. The fraction of sp³-hybridized carbons (Fsp3) is 0.704. The number of carbonyl (C=O) groups excluding carboxylic acids is 2. The second-order valence-electron chi connectivity index (χ2n) is 9.17. The molecule has 198 valence electrons. The number of H-pyrrole nitrogens is 1. The number of carboxylic acids is 1. The van der Waals surface area contributed by atoms with Crippen LogP contribution in [-0.4, -0.2) is 45.4 Å². The van der Waals surface area contributed by atoms with Crippen LogP contribution in [0.1, 0.15) is 109 Å². The number of rotatable bonds is 22. The zero-order valence-electron chi connectivity index (χ0n) is 21.5. The molecule has 2 amide bonds. The summed E-state index contributed by atoms with van der Waals surface area (Å²) in [5, 5.41) is 14.5. The topological polar surface area (TPSA) is 124 Å². The van der Waals surface area contributed by atoms with Crippen LogP contribution in [0.4, 0.5) is 0 Å². The summed E-state index contributed by atoms with van der Waals surface area (Å²) in [6.07, 6.45) is 24.1. The van der Waals surface area contributed by atoms with Crippen LogP contribution in [0.3, 0.4) is 0 Å². The summed E-state index contributed by atoms with van der Waals surface area (Å²) in [7, 11) is 0. The Morgan fingerprint density at radius 2 is 1.54 bits per heavy atom. The molecule has 8 heteroatoms. The number of carbonyl (C=O) groups is 3. The summed E-state index contributed by atoms with van der Waals surface area (Å²) in [4.78, 5) is 42.0. The molecule has 8 nitrogen and oxygen atoms in total. The lowest BCUT2D eigenvalue weighted by molar-refractivity contribution is -0.141. The minimum Gasteiger partial charge on any atom is -0.480 e. The van der Waals surface area contributed by atoms with Crippen LogP contribution in [0.2, 0.25) is 0 Å². The largest absolute Gasteiger partial charge is 0.480 e. The first-order valence-electron chi connectivity index (χ1n) is 13.4. The maximum Gasteiger partial charge on any atom is 0.326 e. The molecule has 1 aromatic heterocycles. The number of aromatic nitrogens is 2. The number of hydrogen-bond acceptors (Lipinski definition) is 4. The highest BCUT2D eigenvalue weighted by Crippen LogP contribution is 2.10. The second kappa shape index (κ2) is 20.7. The van der Waals surface area contributed by atoms with Crippen molar-refractivity contribution in [3.63, 3.8) is 0 Å². The molecule has 0 aliphatic rings. The quantitative estimate of drug-likeness (QED) is 0.133. The van der Waals surface area contributed by atoms with Crippen LogP contribution in [0.5, 0.6) is 0 Å². The smallest absolute Gasteiger partial charge is 0.326 e. The van der Waals surface area contributed by atoms with Gasteiger partial charge in [-0.1, -0.05) is 70.4 Å². The Hall–Kier alpha value is -2.64. The van der Waals surface area contributed by atoms with E-state index in [0.717, 1.165) is 25.7 Å². The van der Waals surface area contributed by atoms with Gasteiger partial charge in [0.2, 0.25) is 11.8 Å². The molecule has 1 heterocycles. The van der Waals surface area contributed by atoms with Crippen LogP contribution in [-0.2, 0) is 20.8 Å². The molecule has 0 unspecified atom stereocenters. The number of carboxylic acid groups (broad SMARTS) is 1.